The molecule has 3 N–H and O–H groups in total. The number of hydrogen-bond acceptors (Lipinski definition) is 4. The molecule has 0 aliphatic heterocycles. The summed E-state index contributed by atoms with van der Waals surface area (Å²) in [7, 11) is 0. The summed E-state index contributed by atoms with van der Waals surface area (Å²) in [6.07, 6.45) is 1.43. The van der Waals surface area contributed by atoms with Crippen molar-refractivity contribution in [3.05, 3.63) is 40.4 Å². The second-order valence-electron chi connectivity index (χ2n) is 3.93. The summed E-state index contributed by atoms with van der Waals surface area (Å²) in [5.74, 6) is -2.11. The van der Waals surface area contributed by atoms with Gasteiger partial charge < -0.3 is 9.84 Å². The van der Waals surface area contributed by atoms with E-state index in [4.69, 9.17) is 9.84 Å². The Morgan fingerprint density at radius 1 is 1.29 bits per heavy atom. The van der Waals surface area contributed by atoms with Gasteiger partial charge in [-0.2, -0.15) is 0 Å². The number of aryl methyl sites for hydroxylation is 1. The van der Waals surface area contributed by atoms with Crippen LogP contribution in [0.1, 0.15) is 5.56 Å². The Bertz CT molecular complexity index is 586. The number of hydrogen-bond donors (Lipinski definition) is 3. The van der Waals surface area contributed by atoms with Gasteiger partial charge in [0.25, 0.3) is 11.8 Å². The predicted octanol–water partition coefficient (Wildman–Crippen LogP) is 0.925. The molecule has 7 nitrogen and oxygen atoms in total. The van der Waals surface area contributed by atoms with Crippen LogP contribution in [0, 0.1) is 6.92 Å². The maximum absolute atomic E-state index is 11.4. The van der Waals surface area contributed by atoms with Crippen LogP contribution in [0.25, 0.3) is 0 Å². The summed E-state index contributed by atoms with van der Waals surface area (Å²) in [5.41, 5.74) is 5.14. The average Bonchev–Trinajstić information content (AvgIpc) is 2.41. The topological polar surface area (TPSA) is 105 Å². The molecule has 112 valence electrons. The number of carbonyl (C=O) groups is 3. The number of benzene rings is 1. The normalized spacial score (nSPS) is 10.2. The van der Waals surface area contributed by atoms with E-state index >= 15 is 0 Å². The van der Waals surface area contributed by atoms with Gasteiger partial charge in [0.2, 0.25) is 0 Å². The first-order valence-electron chi connectivity index (χ1n) is 5.77. The molecule has 0 atom stereocenters. The molecule has 0 fully saturated rings. The summed E-state index contributed by atoms with van der Waals surface area (Å²) >= 11 is 3.30. The van der Waals surface area contributed by atoms with Gasteiger partial charge in [0.05, 0.1) is 4.47 Å². The Labute approximate surface area is 129 Å². The molecule has 0 spiro atoms. The Hall–Kier alpha value is -2.35. The van der Waals surface area contributed by atoms with Gasteiger partial charge >= 0.3 is 5.97 Å². The van der Waals surface area contributed by atoms with Crippen LogP contribution in [0.15, 0.2) is 34.8 Å². The maximum Gasteiger partial charge on any atom is 0.328 e. The van der Waals surface area contributed by atoms with Crippen LogP contribution < -0.4 is 15.6 Å². The van der Waals surface area contributed by atoms with Crippen molar-refractivity contribution >= 4 is 33.7 Å². The molecule has 0 aliphatic rings. The molecule has 0 saturated heterocycles. The largest absolute Gasteiger partial charge is 0.483 e. The van der Waals surface area contributed by atoms with Crippen molar-refractivity contribution < 1.29 is 24.2 Å². The van der Waals surface area contributed by atoms with Crippen LogP contribution in [0.4, 0.5) is 0 Å². The number of nitrogens with one attached hydrogen (secondary N) is 2. The van der Waals surface area contributed by atoms with Crippen molar-refractivity contribution in [2.24, 2.45) is 0 Å². The van der Waals surface area contributed by atoms with Gasteiger partial charge in [-0.3, -0.25) is 20.4 Å². The molecule has 1 aromatic rings. The van der Waals surface area contributed by atoms with Crippen molar-refractivity contribution in [2.75, 3.05) is 6.61 Å². The fourth-order valence-corrected chi connectivity index (χ4v) is 1.83. The molecular formula is C13H13BrN2O5. The highest BCUT2D eigenvalue weighted by Crippen LogP contribution is 2.25. The second kappa shape index (κ2) is 8.05. The number of carboxylic acids is 1. The van der Waals surface area contributed by atoms with Crippen molar-refractivity contribution in [1.29, 1.82) is 0 Å². The third-order valence-electron chi connectivity index (χ3n) is 2.15. The van der Waals surface area contributed by atoms with E-state index in [0.29, 0.717) is 16.3 Å². The van der Waals surface area contributed by atoms with Crippen molar-refractivity contribution in [3.8, 4) is 5.75 Å². The third kappa shape index (κ3) is 6.57. The predicted molar refractivity (Wildman–Crippen MR) is 77.4 cm³/mol. The monoisotopic (exact) mass is 356 g/mol. The van der Waals surface area contributed by atoms with Gasteiger partial charge in [0, 0.05) is 12.2 Å². The first-order chi connectivity index (χ1) is 9.88. The molecule has 1 rings (SSSR count). The third-order valence-corrected chi connectivity index (χ3v) is 2.77. The zero-order valence-electron chi connectivity index (χ0n) is 11.1. The number of halogens is 1. The lowest BCUT2D eigenvalue weighted by atomic mass is 10.2. The smallest absolute Gasteiger partial charge is 0.328 e. The number of ether oxygens (including phenoxy) is 1. The van der Waals surface area contributed by atoms with E-state index in [9.17, 15) is 14.4 Å². The van der Waals surface area contributed by atoms with Crippen molar-refractivity contribution in [2.45, 2.75) is 6.92 Å². The lowest BCUT2D eigenvalue weighted by molar-refractivity contribution is -0.131. The van der Waals surface area contributed by atoms with Crippen molar-refractivity contribution in [1.82, 2.24) is 10.9 Å². The van der Waals surface area contributed by atoms with E-state index in [0.717, 1.165) is 11.6 Å². The fraction of sp³-hybridized carbons (Fsp3) is 0.154. The molecule has 0 radical (unpaired) electrons. The minimum Gasteiger partial charge on any atom is -0.483 e. The lowest BCUT2D eigenvalue weighted by Crippen LogP contribution is -2.43. The average molecular weight is 357 g/mol. The molecule has 21 heavy (non-hydrogen) atoms. The molecule has 0 unspecified atom stereocenters. The molecule has 0 aromatic heterocycles. The van der Waals surface area contributed by atoms with E-state index in [2.05, 4.69) is 21.4 Å². The number of amides is 2. The Balaban J connectivity index is 2.37. The molecule has 1 aromatic carbocycles. The van der Waals surface area contributed by atoms with Crippen LogP contribution in [-0.4, -0.2) is 29.5 Å². The molecule has 0 heterocycles. The Morgan fingerprint density at radius 2 is 2.00 bits per heavy atom. The molecule has 2 amide bonds. The highest BCUT2D eigenvalue weighted by Gasteiger charge is 2.06. The Kier molecular flexibility index (Phi) is 6.41. The van der Waals surface area contributed by atoms with Gasteiger partial charge in [-0.1, -0.05) is 6.07 Å². The number of rotatable bonds is 5. The van der Waals surface area contributed by atoms with Gasteiger partial charge in [-0.25, -0.2) is 4.79 Å². The van der Waals surface area contributed by atoms with Crippen molar-refractivity contribution in [3.63, 3.8) is 0 Å². The summed E-state index contributed by atoms with van der Waals surface area (Å²) in [5, 5.41) is 8.32. The quantitative estimate of drug-likeness (QED) is 0.537. The van der Waals surface area contributed by atoms with Gasteiger partial charge in [0.1, 0.15) is 5.75 Å². The summed E-state index contributed by atoms with van der Waals surface area (Å²) < 4.78 is 5.97. The highest BCUT2D eigenvalue weighted by atomic mass is 79.9. The molecular weight excluding hydrogens is 344 g/mol. The standard InChI is InChI=1S/C13H13BrN2O5/c1-8-2-3-10(9(14)6-8)21-7-12(18)16-15-11(17)4-5-13(19)20/h2-6H,7H2,1H3,(H,15,17)(H,16,18)(H,19,20). The van der Waals surface area contributed by atoms with Gasteiger partial charge in [-0.15, -0.1) is 0 Å². The summed E-state index contributed by atoms with van der Waals surface area (Å²) in [6, 6.07) is 5.38. The maximum atomic E-state index is 11.4. The molecule has 8 heteroatoms. The minimum absolute atomic E-state index is 0.301. The van der Waals surface area contributed by atoms with E-state index in [1.807, 2.05) is 24.5 Å². The van der Waals surface area contributed by atoms with Crippen LogP contribution in [0.5, 0.6) is 5.75 Å². The second-order valence-corrected chi connectivity index (χ2v) is 4.79. The summed E-state index contributed by atoms with van der Waals surface area (Å²) in [4.78, 5) is 32.7. The van der Waals surface area contributed by atoms with Crippen LogP contribution in [-0.2, 0) is 14.4 Å². The SMILES string of the molecule is Cc1ccc(OCC(=O)NNC(=O)C=CC(=O)O)c(Br)c1. The first-order valence-corrected chi connectivity index (χ1v) is 6.56. The lowest BCUT2D eigenvalue weighted by Gasteiger charge is -2.09. The Morgan fingerprint density at radius 3 is 2.62 bits per heavy atom. The van der Waals surface area contributed by atoms with E-state index in [-0.39, 0.29) is 6.61 Å². The van der Waals surface area contributed by atoms with E-state index in [1.165, 1.54) is 0 Å². The number of carbonyl (C=O) groups excluding carboxylic acids is 2. The fourth-order valence-electron chi connectivity index (χ4n) is 1.22. The minimum atomic E-state index is -1.26. The molecule has 0 bridgehead atoms. The van der Waals surface area contributed by atoms with Gasteiger partial charge in [0.15, 0.2) is 6.61 Å². The van der Waals surface area contributed by atoms with Crippen LogP contribution in [0.2, 0.25) is 0 Å². The first kappa shape index (κ1) is 16.7. The zero-order valence-corrected chi connectivity index (χ0v) is 12.6. The molecule has 0 saturated carbocycles. The van der Waals surface area contributed by atoms with E-state index in [1.54, 1.807) is 6.07 Å². The number of carboxylic acid groups (broad SMARTS) is 1. The van der Waals surface area contributed by atoms with Crippen LogP contribution >= 0.6 is 15.9 Å². The summed E-state index contributed by atoms with van der Waals surface area (Å²) in [6.45, 7) is 1.62. The van der Waals surface area contributed by atoms with Crippen LogP contribution in [0.3, 0.4) is 0 Å². The van der Waals surface area contributed by atoms with E-state index < -0.39 is 17.8 Å². The highest BCUT2D eigenvalue weighted by molar-refractivity contribution is 9.10. The zero-order chi connectivity index (χ0) is 15.8. The number of hydrazine groups is 1. The number of aliphatic carboxylic acids is 1. The van der Waals surface area contributed by atoms with Gasteiger partial charge in [-0.05, 0) is 40.5 Å². The molecule has 0 aliphatic carbocycles.